The van der Waals surface area contributed by atoms with Crippen LogP contribution in [0.15, 0.2) is 18.2 Å². The molecule has 0 aromatic heterocycles. The third-order valence-electron chi connectivity index (χ3n) is 2.68. The van der Waals surface area contributed by atoms with Crippen molar-refractivity contribution in [3.63, 3.8) is 0 Å². The Kier molecular flexibility index (Phi) is 4.59. The lowest BCUT2D eigenvalue weighted by molar-refractivity contribution is 0.0100. The van der Waals surface area contributed by atoms with Crippen molar-refractivity contribution in [2.24, 2.45) is 5.73 Å². The van der Waals surface area contributed by atoms with Crippen LogP contribution in [-0.2, 0) is 10.3 Å². The molecule has 16 heavy (non-hydrogen) atoms. The Labute approximate surface area is 101 Å². The zero-order chi connectivity index (χ0) is 12.2. The molecule has 4 heteroatoms. The van der Waals surface area contributed by atoms with Gasteiger partial charge in [0.1, 0.15) is 11.4 Å². The summed E-state index contributed by atoms with van der Waals surface area (Å²) >= 11 is 6.11. The summed E-state index contributed by atoms with van der Waals surface area (Å²) in [6, 6.07) is 5.60. The van der Waals surface area contributed by atoms with Crippen LogP contribution in [0.5, 0.6) is 5.75 Å². The van der Waals surface area contributed by atoms with Crippen LogP contribution < -0.4 is 10.5 Å². The van der Waals surface area contributed by atoms with Gasteiger partial charge in [-0.25, -0.2) is 0 Å². The van der Waals surface area contributed by atoms with E-state index in [0.29, 0.717) is 23.9 Å². The Balaban J connectivity index is 3.04. The van der Waals surface area contributed by atoms with Crippen LogP contribution >= 0.6 is 11.6 Å². The lowest BCUT2D eigenvalue weighted by Crippen LogP contribution is -2.33. The van der Waals surface area contributed by atoms with Crippen LogP contribution in [-0.4, -0.2) is 20.3 Å². The molecule has 1 aromatic rings. The van der Waals surface area contributed by atoms with Crippen LogP contribution in [0.3, 0.4) is 0 Å². The van der Waals surface area contributed by atoms with Gasteiger partial charge in [-0.2, -0.15) is 0 Å². The average molecular weight is 244 g/mol. The lowest BCUT2D eigenvalue weighted by Gasteiger charge is -2.27. The summed E-state index contributed by atoms with van der Waals surface area (Å²) in [7, 11) is 1.64. The molecule has 1 atom stereocenters. The summed E-state index contributed by atoms with van der Waals surface area (Å²) in [4.78, 5) is 0. The topological polar surface area (TPSA) is 44.5 Å². The van der Waals surface area contributed by atoms with E-state index in [1.54, 1.807) is 7.11 Å². The van der Waals surface area contributed by atoms with E-state index in [1.165, 1.54) is 0 Å². The third kappa shape index (κ3) is 2.67. The maximum Gasteiger partial charge on any atom is 0.137 e. The van der Waals surface area contributed by atoms with E-state index in [-0.39, 0.29) is 0 Å². The highest BCUT2D eigenvalue weighted by Crippen LogP contribution is 2.31. The number of hydrogen-bond donors (Lipinski definition) is 1. The molecule has 0 fully saturated rings. The van der Waals surface area contributed by atoms with Crippen LogP contribution in [0.25, 0.3) is 0 Å². The van der Waals surface area contributed by atoms with Gasteiger partial charge in [0.2, 0.25) is 0 Å². The van der Waals surface area contributed by atoms with E-state index in [2.05, 4.69) is 0 Å². The molecule has 3 nitrogen and oxygen atoms in total. The second-order valence-corrected chi connectivity index (χ2v) is 4.12. The number of hydrogen-bond acceptors (Lipinski definition) is 3. The molecular formula is C12H18ClNO2. The molecule has 0 amide bonds. The summed E-state index contributed by atoms with van der Waals surface area (Å²) in [5.74, 6) is 0.684. The Morgan fingerprint density at radius 2 is 2.12 bits per heavy atom. The minimum atomic E-state index is -0.506. The molecule has 0 heterocycles. The quantitative estimate of drug-likeness (QED) is 0.865. The fourth-order valence-electron chi connectivity index (χ4n) is 1.42. The van der Waals surface area contributed by atoms with Crippen molar-refractivity contribution in [3.8, 4) is 5.75 Å². The van der Waals surface area contributed by atoms with Gasteiger partial charge in [-0.3, -0.25) is 0 Å². The molecule has 90 valence electrons. The van der Waals surface area contributed by atoms with Gasteiger partial charge >= 0.3 is 0 Å². The predicted octanol–water partition coefficient (Wildman–Crippen LogP) is 2.56. The molecule has 0 aliphatic carbocycles. The largest absolute Gasteiger partial charge is 0.492 e. The van der Waals surface area contributed by atoms with Gasteiger partial charge < -0.3 is 15.2 Å². The van der Waals surface area contributed by atoms with Crippen molar-refractivity contribution < 1.29 is 9.47 Å². The van der Waals surface area contributed by atoms with E-state index in [4.69, 9.17) is 26.8 Å². The van der Waals surface area contributed by atoms with Crippen molar-refractivity contribution in [2.45, 2.75) is 19.4 Å². The summed E-state index contributed by atoms with van der Waals surface area (Å²) in [6.07, 6.45) is 0. The number of halogens is 1. The first-order valence-corrected chi connectivity index (χ1v) is 5.63. The maximum atomic E-state index is 6.11. The summed E-state index contributed by atoms with van der Waals surface area (Å²) < 4.78 is 10.8. The first-order chi connectivity index (χ1) is 7.57. The van der Waals surface area contributed by atoms with E-state index in [9.17, 15) is 0 Å². The highest BCUT2D eigenvalue weighted by atomic mass is 35.5. The number of methoxy groups -OCH3 is 1. The molecular weight excluding hydrogens is 226 g/mol. The van der Waals surface area contributed by atoms with Gasteiger partial charge in [-0.05, 0) is 31.5 Å². The minimum absolute atomic E-state index is 0.397. The summed E-state index contributed by atoms with van der Waals surface area (Å²) in [5.41, 5.74) is 6.14. The van der Waals surface area contributed by atoms with E-state index in [1.807, 2.05) is 32.0 Å². The second kappa shape index (κ2) is 5.53. The van der Waals surface area contributed by atoms with Crippen molar-refractivity contribution in [2.75, 3.05) is 20.3 Å². The molecule has 0 saturated carbocycles. The van der Waals surface area contributed by atoms with Gasteiger partial charge in [0.05, 0.1) is 11.6 Å². The summed E-state index contributed by atoms with van der Waals surface area (Å²) in [6.45, 7) is 4.84. The highest BCUT2D eigenvalue weighted by molar-refractivity contribution is 6.32. The number of benzene rings is 1. The standard InChI is InChI=1S/C12H18ClNO2/c1-4-16-11-6-5-9(7-10(11)13)12(2,8-14)15-3/h5-7H,4,8,14H2,1-3H3. The Bertz CT molecular complexity index is 351. The molecule has 1 rings (SSSR count). The summed E-state index contributed by atoms with van der Waals surface area (Å²) in [5, 5.41) is 0.580. The number of rotatable bonds is 5. The smallest absolute Gasteiger partial charge is 0.137 e. The Morgan fingerprint density at radius 1 is 1.44 bits per heavy atom. The molecule has 1 unspecified atom stereocenters. The van der Waals surface area contributed by atoms with Crippen LogP contribution in [0.4, 0.5) is 0 Å². The molecule has 2 N–H and O–H groups in total. The first-order valence-electron chi connectivity index (χ1n) is 5.25. The molecule has 0 bridgehead atoms. The first kappa shape index (κ1) is 13.3. The monoisotopic (exact) mass is 243 g/mol. The van der Waals surface area contributed by atoms with Gasteiger partial charge in [-0.1, -0.05) is 17.7 Å². The predicted molar refractivity (Wildman–Crippen MR) is 66.0 cm³/mol. The maximum absolute atomic E-state index is 6.11. The van der Waals surface area contributed by atoms with E-state index < -0.39 is 5.60 Å². The Hall–Kier alpha value is -0.770. The minimum Gasteiger partial charge on any atom is -0.492 e. The zero-order valence-corrected chi connectivity index (χ0v) is 10.7. The molecule has 0 radical (unpaired) electrons. The number of ether oxygens (including phenoxy) is 2. The van der Waals surface area contributed by atoms with Crippen molar-refractivity contribution in [3.05, 3.63) is 28.8 Å². The third-order valence-corrected chi connectivity index (χ3v) is 2.98. The average Bonchev–Trinajstić information content (AvgIpc) is 2.31. The van der Waals surface area contributed by atoms with Crippen molar-refractivity contribution >= 4 is 11.6 Å². The normalized spacial score (nSPS) is 14.6. The van der Waals surface area contributed by atoms with Gasteiger partial charge in [0, 0.05) is 13.7 Å². The fraction of sp³-hybridized carbons (Fsp3) is 0.500. The van der Waals surface area contributed by atoms with Gasteiger partial charge in [0.15, 0.2) is 0 Å². The fourth-order valence-corrected chi connectivity index (χ4v) is 1.66. The highest BCUT2D eigenvalue weighted by Gasteiger charge is 2.25. The van der Waals surface area contributed by atoms with Crippen LogP contribution in [0, 0.1) is 0 Å². The molecule has 0 spiro atoms. The Morgan fingerprint density at radius 3 is 2.56 bits per heavy atom. The van der Waals surface area contributed by atoms with Gasteiger partial charge in [-0.15, -0.1) is 0 Å². The molecule has 0 saturated heterocycles. The number of nitrogens with two attached hydrogens (primary N) is 1. The lowest BCUT2D eigenvalue weighted by atomic mass is 9.96. The van der Waals surface area contributed by atoms with Crippen molar-refractivity contribution in [1.29, 1.82) is 0 Å². The second-order valence-electron chi connectivity index (χ2n) is 3.72. The van der Waals surface area contributed by atoms with Crippen LogP contribution in [0.2, 0.25) is 5.02 Å². The molecule has 0 aliphatic heterocycles. The zero-order valence-electron chi connectivity index (χ0n) is 9.92. The SMILES string of the molecule is CCOc1ccc(C(C)(CN)OC)cc1Cl. The van der Waals surface area contributed by atoms with E-state index >= 15 is 0 Å². The van der Waals surface area contributed by atoms with Crippen LogP contribution in [0.1, 0.15) is 19.4 Å². The van der Waals surface area contributed by atoms with Gasteiger partial charge in [0.25, 0.3) is 0 Å². The molecule has 1 aromatic carbocycles. The van der Waals surface area contributed by atoms with Crippen molar-refractivity contribution in [1.82, 2.24) is 0 Å². The van der Waals surface area contributed by atoms with E-state index in [0.717, 1.165) is 5.56 Å². The molecule has 0 aliphatic rings.